The van der Waals surface area contributed by atoms with E-state index in [1.54, 1.807) is 12.1 Å². The summed E-state index contributed by atoms with van der Waals surface area (Å²) in [5, 5.41) is 0. The monoisotopic (exact) mass is 497 g/mol. The number of benzene rings is 2. The molecule has 1 aliphatic rings. The summed E-state index contributed by atoms with van der Waals surface area (Å²) < 4.78 is 42.6. The lowest BCUT2D eigenvalue weighted by molar-refractivity contribution is 0.0900. The number of Topliss-reactive ketones (excluding diaryl/α,β-unsaturated/α-hetero) is 2. The maximum Gasteiger partial charge on any atom is 0.243 e. The smallest absolute Gasteiger partial charge is 0.243 e. The van der Waals surface area contributed by atoms with E-state index in [0.717, 1.165) is 17.1 Å². The van der Waals surface area contributed by atoms with Gasteiger partial charge in [-0.05, 0) is 63.2 Å². The van der Waals surface area contributed by atoms with E-state index in [1.807, 2.05) is 29.4 Å². The van der Waals surface area contributed by atoms with Crippen molar-refractivity contribution in [3.05, 3.63) is 82.9 Å². The molecule has 1 aliphatic heterocycles. The molecule has 1 fully saturated rings. The number of carbonyl (C=O) groups is 2. The van der Waals surface area contributed by atoms with Gasteiger partial charge in [0.2, 0.25) is 10.0 Å². The minimum Gasteiger partial charge on any atom is -0.318 e. The van der Waals surface area contributed by atoms with Crippen LogP contribution in [0.5, 0.6) is 0 Å². The molecule has 7 nitrogen and oxygen atoms in total. The summed E-state index contributed by atoms with van der Waals surface area (Å²) in [7, 11) is -3.67. The van der Waals surface area contributed by atoms with E-state index >= 15 is 0 Å². The average Bonchev–Trinajstić information content (AvgIpc) is 3.14. The van der Waals surface area contributed by atoms with E-state index in [2.05, 4.69) is 0 Å². The molecule has 9 heteroatoms. The van der Waals surface area contributed by atoms with Gasteiger partial charge in [0.1, 0.15) is 5.82 Å². The minimum absolute atomic E-state index is 0.0393. The summed E-state index contributed by atoms with van der Waals surface area (Å²) in [5.74, 6) is -0.477. The van der Waals surface area contributed by atoms with Gasteiger partial charge in [-0.3, -0.25) is 14.5 Å². The van der Waals surface area contributed by atoms with Crippen molar-refractivity contribution in [1.82, 2.24) is 13.8 Å². The first-order valence-electron chi connectivity index (χ1n) is 11.4. The van der Waals surface area contributed by atoms with Crippen molar-refractivity contribution in [3.8, 4) is 5.69 Å². The fourth-order valence-corrected chi connectivity index (χ4v) is 5.88. The normalized spacial score (nSPS) is 15.3. The predicted molar refractivity (Wildman–Crippen MR) is 131 cm³/mol. The number of rotatable bonds is 7. The second-order valence-electron chi connectivity index (χ2n) is 8.78. The topological polar surface area (TPSA) is 79.7 Å². The Morgan fingerprint density at radius 1 is 0.914 bits per heavy atom. The Balaban J connectivity index is 1.41. The summed E-state index contributed by atoms with van der Waals surface area (Å²) in [6.45, 7) is 6.82. The van der Waals surface area contributed by atoms with Gasteiger partial charge in [-0.2, -0.15) is 4.31 Å². The van der Waals surface area contributed by atoms with Gasteiger partial charge in [0.15, 0.2) is 11.6 Å². The number of hydrogen-bond acceptors (Lipinski definition) is 5. The minimum atomic E-state index is -3.67. The van der Waals surface area contributed by atoms with Crippen molar-refractivity contribution in [1.29, 1.82) is 0 Å². The second-order valence-corrected chi connectivity index (χ2v) is 10.7. The zero-order valence-electron chi connectivity index (χ0n) is 20.0. The molecule has 4 rings (SSSR count). The largest absolute Gasteiger partial charge is 0.318 e. The zero-order chi connectivity index (χ0) is 25.3. The van der Waals surface area contributed by atoms with E-state index in [1.165, 1.54) is 47.6 Å². The van der Waals surface area contributed by atoms with Crippen LogP contribution in [-0.2, 0) is 10.0 Å². The highest BCUT2D eigenvalue weighted by Gasteiger charge is 2.29. The molecule has 0 spiro atoms. The Bertz CT molecular complexity index is 1350. The molecule has 0 unspecified atom stereocenters. The van der Waals surface area contributed by atoms with Crippen molar-refractivity contribution in [3.63, 3.8) is 0 Å². The summed E-state index contributed by atoms with van der Waals surface area (Å²) in [4.78, 5) is 26.7. The standard InChI is InChI=1S/C26H28FN3O4S/c1-18-16-25(19(2)30(18)23-8-6-22(27)7-9-23)26(32)17-28-12-14-29(15-13-28)35(33,34)24-10-4-21(5-11-24)20(3)31/h4-11,16H,12-15,17H2,1-3H3. The van der Waals surface area contributed by atoms with Gasteiger partial charge in [0.05, 0.1) is 11.4 Å². The van der Waals surface area contributed by atoms with Crippen molar-refractivity contribution >= 4 is 21.6 Å². The van der Waals surface area contributed by atoms with Gasteiger partial charge in [-0.15, -0.1) is 0 Å². The van der Waals surface area contributed by atoms with Gasteiger partial charge in [0, 0.05) is 54.4 Å². The molecule has 2 aromatic carbocycles. The number of nitrogens with zero attached hydrogens (tertiary/aromatic N) is 3. The van der Waals surface area contributed by atoms with E-state index < -0.39 is 10.0 Å². The van der Waals surface area contributed by atoms with Crippen LogP contribution in [0.2, 0.25) is 0 Å². The Morgan fingerprint density at radius 2 is 1.51 bits per heavy atom. The average molecular weight is 498 g/mol. The number of piperazine rings is 1. The molecule has 0 saturated carbocycles. The van der Waals surface area contributed by atoms with Gasteiger partial charge in [0.25, 0.3) is 0 Å². The van der Waals surface area contributed by atoms with Crippen LogP contribution in [0.3, 0.4) is 0 Å². The maximum atomic E-state index is 13.3. The number of halogens is 1. The van der Waals surface area contributed by atoms with Crippen LogP contribution in [0.25, 0.3) is 5.69 Å². The summed E-state index contributed by atoms with van der Waals surface area (Å²) in [6, 6.07) is 13.9. The molecule has 0 bridgehead atoms. The van der Waals surface area contributed by atoms with Crippen LogP contribution in [0.1, 0.15) is 39.0 Å². The third-order valence-electron chi connectivity index (χ3n) is 6.41. The first kappa shape index (κ1) is 25.0. The first-order valence-corrected chi connectivity index (χ1v) is 12.8. The van der Waals surface area contributed by atoms with E-state index in [-0.39, 0.29) is 41.9 Å². The fourth-order valence-electron chi connectivity index (χ4n) is 4.46. The van der Waals surface area contributed by atoms with E-state index in [0.29, 0.717) is 24.2 Å². The third kappa shape index (κ3) is 5.12. The molecular weight excluding hydrogens is 469 g/mol. The molecule has 184 valence electrons. The van der Waals surface area contributed by atoms with Crippen LogP contribution >= 0.6 is 0 Å². The Labute approximate surface area is 204 Å². The molecule has 0 radical (unpaired) electrons. The van der Waals surface area contributed by atoms with Gasteiger partial charge >= 0.3 is 0 Å². The summed E-state index contributed by atoms with van der Waals surface area (Å²) >= 11 is 0. The Hall–Kier alpha value is -3.14. The second kappa shape index (κ2) is 9.85. The molecule has 35 heavy (non-hydrogen) atoms. The number of aryl methyl sites for hydroxylation is 1. The summed E-state index contributed by atoms with van der Waals surface area (Å²) in [6.07, 6.45) is 0. The molecule has 3 aromatic rings. The van der Waals surface area contributed by atoms with Crippen molar-refractivity contribution in [2.45, 2.75) is 25.7 Å². The molecular formula is C26H28FN3O4S. The van der Waals surface area contributed by atoms with Crippen molar-refractivity contribution in [2.24, 2.45) is 0 Å². The first-order chi connectivity index (χ1) is 16.6. The molecule has 0 atom stereocenters. The maximum absolute atomic E-state index is 13.3. The van der Waals surface area contributed by atoms with Crippen molar-refractivity contribution in [2.75, 3.05) is 32.7 Å². The highest BCUT2D eigenvalue weighted by Crippen LogP contribution is 2.23. The zero-order valence-corrected chi connectivity index (χ0v) is 20.8. The lowest BCUT2D eigenvalue weighted by atomic mass is 10.1. The van der Waals surface area contributed by atoms with Crippen LogP contribution in [0.15, 0.2) is 59.5 Å². The van der Waals surface area contributed by atoms with Crippen LogP contribution in [0, 0.1) is 19.7 Å². The van der Waals surface area contributed by atoms with E-state index in [9.17, 15) is 22.4 Å². The van der Waals surface area contributed by atoms with Gasteiger partial charge in [-0.25, -0.2) is 12.8 Å². The Morgan fingerprint density at radius 3 is 2.09 bits per heavy atom. The van der Waals surface area contributed by atoms with Gasteiger partial charge < -0.3 is 4.57 Å². The molecule has 0 amide bonds. The molecule has 1 aromatic heterocycles. The van der Waals surface area contributed by atoms with Crippen molar-refractivity contribution < 1.29 is 22.4 Å². The quantitative estimate of drug-likeness (QED) is 0.466. The van der Waals surface area contributed by atoms with Crippen LogP contribution in [-0.4, -0.2) is 66.5 Å². The summed E-state index contributed by atoms with van der Waals surface area (Å²) in [5.41, 5.74) is 3.52. The number of sulfonamides is 1. The molecule has 2 heterocycles. The molecule has 1 saturated heterocycles. The number of hydrogen-bond donors (Lipinski definition) is 0. The lowest BCUT2D eigenvalue weighted by Crippen LogP contribution is -2.49. The SMILES string of the molecule is CC(=O)c1ccc(S(=O)(=O)N2CCN(CC(=O)c3cc(C)n(-c4ccc(F)cc4)c3C)CC2)cc1. The van der Waals surface area contributed by atoms with Crippen LogP contribution in [0.4, 0.5) is 4.39 Å². The van der Waals surface area contributed by atoms with Gasteiger partial charge in [-0.1, -0.05) is 12.1 Å². The number of carbonyl (C=O) groups excluding carboxylic acids is 2. The number of aromatic nitrogens is 1. The lowest BCUT2D eigenvalue weighted by Gasteiger charge is -2.33. The van der Waals surface area contributed by atoms with E-state index in [4.69, 9.17) is 0 Å². The highest BCUT2D eigenvalue weighted by atomic mass is 32.2. The predicted octanol–water partition coefficient (Wildman–Crippen LogP) is 3.63. The number of ketones is 2. The highest BCUT2D eigenvalue weighted by molar-refractivity contribution is 7.89. The Kier molecular flexibility index (Phi) is 7.02. The molecule has 0 aliphatic carbocycles. The van der Waals surface area contributed by atoms with Crippen LogP contribution < -0.4 is 0 Å². The third-order valence-corrected chi connectivity index (χ3v) is 8.33. The molecule has 0 N–H and O–H groups in total. The fraction of sp³-hybridized carbons (Fsp3) is 0.308.